The Hall–Kier alpha value is -1.27. The number of hydrogen-bond donors (Lipinski definition) is 0. The molecule has 0 aromatic heterocycles. The molecule has 0 aliphatic carbocycles. The van der Waals surface area contributed by atoms with E-state index in [1.807, 2.05) is 0 Å². The fraction of sp³-hybridized carbons (Fsp3) is 0.364. The number of sulfonamides is 1. The van der Waals surface area contributed by atoms with Crippen molar-refractivity contribution < 1.29 is 17.9 Å². The van der Waals surface area contributed by atoms with Crippen LogP contribution >= 0.6 is 11.6 Å². The molecule has 1 aromatic rings. The highest BCUT2D eigenvalue weighted by atomic mass is 35.5. The fourth-order valence-electron chi connectivity index (χ4n) is 1.41. The standard InChI is InChI=1S/C11H14ClNO4S/c1-8-4-5-9(12)6-10(8)13(18(3,15)16)7-11(14)17-2/h4-6H,7H2,1-3H3. The molecular formula is C11H14ClNO4S. The molecule has 0 unspecified atom stereocenters. The fourth-order valence-corrected chi connectivity index (χ4v) is 2.47. The summed E-state index contributed by atoms with van der Waals surface area (Å²) in [5.41, 5.74) is 1.07. The number of nitrogens with zero attached hydrogens (tertiary/aromatic N) is 1. The van der Waals surface area contributed by atoms with Crippen molar-refractivity contribution >= 4 is 33.3 Å². The smallest absolute Gasteiger partial charge is 0.326 e. The quantitative estimate of drug-likeness (QED) is 0.790. The van der Waals surface area contributed by atoms with E-state index in [1.165, 1.54) is 13.2 Å². The molecule has 0 spiro atoms. The van der Waals surface area contributed by atoms with Crippen LogP contribution in [-0.2, 0) is 19.6 Å². The molecule has 0 bridgehead atoms. The van der Waals surface area contributed by atoms with Gasteiger partial charge in [0.05, 0.1) is 19.1 Å². The number of rotatable bonds is 4. The molecule has 0 radical (unpaired) electrons. The Balaban J connectivity index is 3.26. The largest absolute Gasteiger partial charge is 0.468 e. The van der Waals surface area contributed by atoms with E-state index in [0.717, 1.165) is 10.6 Å². The number of anilines is 1. The number of carbonyl (C=O) groups is 1. The van der Waals surface area contributed by atoms with Crippen molar-refractivity contribution in [3.8, 4) is 0 Å². The molecule has 0 fully saturated rings. The molecule has 0 aliphatic heterocycles. The minimum absolute atomic E-state index is 0.371. The molecule has 1 rings (SSSR count). The molecule has 0 heterocycles. The number of hydrogen-bond acceptors (Lipinski definition) is 4. The molecule has 0 aliphatic rings. The molecular weight excluding hydrogens is 278 g/mol. The highest BCUT2D eigenvalue weighted by Crippen LogP contribution is 2.26. The molecule has 0 N–H and O–H groups in total. The van der Waals surface area contributed by atoms with Gasteiger partial charge >= 0.3 is 5.97 Å². The van der Waals surface area contributed by atoms with Gasteiger partial charge in [0.25, 0.3) is 0 Å². The number of methoxy groups -OCH3 is 1. The Kier molecular flexibility index (Phi) is 4.59. The topological polar surface area (TPSA) is 63.7 Å². The summed E-state index contributed by atoms with van der Waals surface area (Å²) in [5.74, 6) is -0.639. The Labute approximate surface area is 111 Å². The zero-order chi connectivity index (χ0) is 13.9. The SMILES string of the molecule is COC(=O)CN(c1cc(Cl)ccc1C)S(C)(=O)=O. The summed E-state index contributed by atoms with van der Waals surface area (Å²) in [6.45, 7) is 1.36. The predicted molar refractivity (Wildman–Crippen MR) is 70.4 cm³/mol. The number of carbonyl (C=O) groups excluding carboxylic acids is 1. The van der Waals surface area contributed by atoms with Crippen LogP contribution in [0.4, 0.5) is 5.69 Å². The summed E-state index contributed by atoms with van der Waals surface area (Å²) in [7, 11) is -2.39. The highest BCUT2D eigenvalue weighted by molar-refractivity contribution is 7.92. The van der Waals surface area contributed by atoms with Gasteiger partial charge in [0, 0.05) is 5.02 Å². The van der Waals surface area contributed by atoms with Gasteiger partial charge in [-0.25, -0.2) is 8.42 Å². The van der Waals surface area contributed by atoms with Crippen LogP contribution in [0.3, 0.4) is 0 Å². The summed E-state index contributed by atoms with van der Waals surface area (Å²) in [5, 5.41) is 0.397. The highest BCUT2D eigenvalue weighted by Gasteiger charge is 2.22. The van der Waals surface area contributed by atoms with Gasteiger partial charge in [-0.2, -0.15) is 0 Å². The minimum Gasteiger partial charge on any atom is -0.468 e. The average Bonchev–Trinajstić information content (AvgIpc) is 2.27. The summed E-state index contributed by atoms with van der Waals surface area (Å²) >= 11 is 5.84. The van der Waals surface area contributed by atoms with Gasteiger partial charge in [-0.1, -0.05) is 17.7 Å². The van der Waals surface area contributed by atoms with E-state index in [4.69, 9.17) is 11.6 Å². The third-order valence-corrected chi connectivity index (χ3v) is 3.70. The van der Waals surface area contributed by atoms with Gasteiger partial charge in [-0.05, 0) is 24.6 Å². The molecule has 18 heavy (non-hydrogen) atoms. The maximum atomic E-state index is 11.7. The lowest BCUT2D eigenvalue weighted by molar-refractivity contribution is -0.138. The van der Waals surface area contributed by atoms with Crippen molar-refractivity contribution in [2.75, 3.05) is 24.2 Å². The number of aryl methyl sites for hydroxylation is 1. The Morgan fingerprint density at radius 3 is 2.56 bits per heavy atom. The maximum Gasteiger partial charge on any atom is 0.326 e. The molecule has 1 aromatic carbocycles. The van der Waals surface area contributed by atoms with E-state index in [0.29, 0.717) is 16.3 Å². The zero-order valence-corrected chi connectivity index (χ0v) is 11.9. The van der Waals surface area contributed by atoms with Crippen LogP contribution in [0.1, 0.15) is 5.56 Å². The van der Waals surface area contributed by atoms with Crippen molar-refractivity contribution in [3.63, 3.8) is 0 Å². The van der Waals surface area contributed by atoms with E-state index < -0.39 is 16.0 Å². The van der Waals surface area contributed by atoms with Crippen molar-refractivity contribution in [3.05, 3.63) is 28.8 Å². The van der Waals surface area contributed by atoms with Crippen LogP contribution in [0.5, 0.6) is 0 Å². The monoisotopic (exact) mass is 291 g/mol. The lowest BCUT2D eigenvalue weighted by atomic mass is 10.2. The number of esters is 1. The van der Waals surface area contributed by atoms with Crippen molar-refractivity contribution in [1.29, 1.82) is 0 Å². The van der Waals surface area contributed by atoms with Gasteiger partial charge in [0.15, 0.2) is 0 Å². The maximum absolute atomic E-state index is 11.7. The summed E-state index contributed by atoms with van der Waals surface area (Å²) < 4.78 is 28.9. The van der Waals surface area contributed by atoms with E-state index in [1.54, 1.807) is 19.1 Å². The van der Waals surface area contributed by atoms with Crippen LogP contribution in [0, 0.1) is 6.92 Å². The van der Waals surface area contributed by atoms with Gasteiger partial charge in [0.1, 0.15) is 6.54 Å². The summed E-state index contributed by atoms with van der Waals surface area (Å²) in [6.07, 6.45) is 1.02. The Bertz CT molecular complexity index is 556. The van der Waals surface area contributed by atoms with Crippen LogP contribution in [0.2, 0.25) is 5.02 Å². The molecule has 0 atom stereocenters. The number of halogens is 1. The first kappa shape index (κ1) is 14.8. The molecule has 0 amide bonds. The summed E-state index contributed by atoms with van der Waals surface area (Å²) in [4.78, 5) is 11.3. The second-order valence-corrected chi connectivity index (χ2v) is 6.12. The van der Waals surface area contributed by atoms with Crippen LogP contribution in [0.15, 0.2) is 18.2 Å². The van der Waals surface area contributed by atoms with Crippen molar-refractivity contribution in [2.45, 2.75) is 6.92 Å². The van der Waals surface area contributed by atoms with Crippen LogP contribution in [-0.4, -0.2) is 34.3 Å². The summed E-state index contributed by atoms with van der Waals surface area (Å²) in [6, 6.07) is 4.84. The third-order valence-electron chi connectivity index (χ3n) is 2.34. The second-order valence-electron chi connectivity index (χ2n) is 3.78. The second kappa shape index (κ2) is 5.58. The molecule has 5 nitrogen and oxygen atoms in total. The van der Waals surface area contributed by atoms with Gasteiger partial charge in [-0.3, -0.25) is 9.10 Å². The van der Waals surface area contributed by atoms with Crippen LogP contribution < -0.4 is 4.31 Å². The van der Waals surface area contributed by atoms with Gasteiger partial charge in [-0.15, -0.1) is 0 Å². The lowest BCUT2D eigenvalue weighted by Gasteiger charge is -2.23. The Morgan fingerprint density at radius 2 is 2.06 bits per heavy atom. The van der Waals surface area contributed by atoms with E-state index in [9.17, 15) is 13.2 Å². The van der Waals surface area contributed by atoms with E-state index >= 15 is 0 Å². The first-order valence-corrected chi connectivity index (χ1v) is 7.29. The molecule has 0 saturated carbocycles. The molecule has 0 saturated heterocycles. The first-order chi connectivity index (χ1) is 8.25. The van der Waals surface area contributed by atoms with Gasteiger partial charge in [0.2, 0.25) is 10.0 Å². The predicted octanol–water partition coefficient (Wildman–Crippen LogP) is 1.59. The van der Waals surface area contributed by atoms with E-state index in [2.05, 4.69) is 4.74 Å². The first-order valence-electron chi connectivity index (χ1n) is 5.06. The average molecular weight is 292 g/mol. The number of ether oxygens (including phenoxy) is 1. The third kappa shape index (κ3) is 3.61. The van der Waals surface area contributed by atoms with Crippen LogP contribution in [0.25, 0.3) is 0 Å². The molecule has 7 heteroatoms. The lowest BCUT2D eigenvalue weighted by Crippen LogP contribution is -2.35. The normalized spacial score (nSPS) is 11.1. The van der Waals surface area contributed by atoms with Crippen molar-refractivity contribution in [1.82, 2.24) is 0 Å². The van der Waals surface area contributed by atoms with E-state index in [-0.39, 0.29) is 6.54 Å². The molecule has 100 valence electrons. The minimum atomic E-state index is -3.59. The van der Waals surface area contributed by atoms with Crippen molar-refractivity contribution in [2.24, 2.45) is 0 Å². The zero-order valence-electron chi connectivity index (χ0n) is 10.3. The Morgan fingerprint density at radius 1 is 1.44 bits per heavy atom. The van der Waals surface area contributed by atoms with Gasteiger partial charge < -0.3 is 4.74 Å². The number of benzene rings is 1.